The first-order valence-corrected chi connectivity index (χ1v) is 6.40. The minimum Gasteiger partial charge on any atom is -0.478 e. The highest BCUT2D eigenvalue weighted by molar-refractivity contribution is 5.88. The molecule has 1 N–H and O–H groups in total. The second-order valence-corrected chi connectivity index (χ2v) is 4.59. The highest BCUT2D eigenvalue weighted by Crippen LogP contribution is 2.16. The maximum atomic E-state index is 11.1. The van der Waals surface area contributed by atoms with Crippen LogP contribution in [0.4, 0.5) is 0 Å². The Morgan fingerprint density at radius 1 is 1.33 bits per heavy atom. The summed E-state index contributed by atoms with van der Waals surface area (Å²) in [6.45, 7) is 2.08. The van der Waals surface area contributed by atoms with Gasteiger partial charge in [-0.15, -0.1) is 5.10 Å². The third kappa shape index (κ3) is 2.55. The molecule has 0 aliphatic rings. The van der Waals surface area contributed by atoms with Gasteiger partial charge in [0, 0.05) is 12.3 Å². The lowest BCUT2D eigenvalue weighted by atomic mass is 10.2. The Morgan fingerprint density at radius 3 is 2.81 bits per heavy atom. The fraction of sp³-hybridized carbons (Fsp3) is 0.133. The monoisotopic (exact) mass is 283 g/mol. The predicted octanol–water partition coefficient (Wildman–Crippen LogP) is 2.31. The van der Waals surface area contributed by atoms with Crippen molar-refractivity contribution in [1.82, 2.24) is 14.6 Å². The van der Waals surface area contributed by atoms with E-state index in [9.17, 15) is 4.79 Å². The molecule has 0 saturated heterocycles. The summed E-state index contributed by atoms with van der Waals surface area (Å²) < 4.78 is 7.09. The zero-order chi connectivity index (χ0) is 14.8. The number of ether oxygens (including phenoxy) is 1. The summed E-state index contributed by atoms with van der Waals surface area (Å²) in [5.74, 6) is -0.610. The molecule has 3 aromatic rings. The maximum Gasteiger partial charge on any atom is 0.339 e. The normalized spacial score (nSPS) is 10.7. The average Bonchev–Trinajstić information content (AvgIpc) is 2.90. The quantitative estimate of drug-likeness (QED) is 0.795. The lowest BCUT2D eigenvalue weighted by Crippen LogP contribution is -2.07. The largest absolute Gasteiger partial charge is 0.478 e. The number of rotatable bonds is 4. The molecule has 21 heavy (non-hydrogen) atoms. The predicted molar refractivity (Wildman–Crippen MR) is 75.5 cm³/mol. The van der Waals surface area contributed by atoms with Crippen molar-refractivity contribution in [2.45, 2.75) is 13.5 Å². The molecule has 0 saturated carbocycles. The summed E-state index contributed by atoms with van der Waals surface area (Å²) in [5, 5.41) is 13.3. The molecule has 0 aliphatic carbocycles. The molecule has 0 unspecified atom stereocenters. The second-order valence-electron chi connectivity index (χ2n) is 4.59. The molecule has 6 heteroatoms. The topological polar surface area (TPSA) is 76.7 Å². The van der Waals surface area contributed by atoms with E-state index >= 15 is 0 Å². The van der Waals surface area contributed by atoms with Crippen molar-refractivity contribution < 1.29 is 14.6 Å². The third-order valence-corrected chi connectivity index (χ3v) is 3.16. The third-order valence-electron chi connectivity index (χ3n) is 3.16. The minimum atomic E-state index is -1.02. The number of aryl methyl sites for hydroxylation is 1. The first-order valence-electron chi connectivity index (χ1n) is 6.40. The summed E-state index contributed by atoms with van der Waals surface area (Å²) >= 11 is 0. The molecule has 0 fully saturated rings. The van der Waals surface area contributed by atoms with Gasteiger partial charge in [0.2, 0.25) is 5.88 Å². The van der Waals surface area contributed by atoms with E-state index in [1.54, 1.807) is 13.0 Å². The molecule has 6 nitrogen and oxygen atoms in total. The zero-order valence-corrected chi connectivity index (χ0v) is 11.4. The van der Waals surface area contributed by atoms with Crippen LogP contribution < -0.4 is 4.74 Å². The Hall–Kier alpha value is -2.89. The fourth-order valence-electron chi connectivity index (χ4n) is 2.04. The van der Waals surface area contributed by atoms with Crippen molar-refractivity contribution in [3.05, 3.63) is 59.4 Å². The first-order chi connectivity index (χ1) is 10.1. The molecule has 2 aromatic heterocycles. The van der Waals surface area contributed by atoms with Gasteiger partial charge >= 0.3 is 5.97 Å². The SMILES string of the molecule is Cc1c(C(=O)O)cnc2cc(OCc3ccccc3)nn12. The van der Waals surface area contributed by atoms with E-state index in [1.807, 2.05) is 30.3 Å². The van der Waals surface area contributed by atoms with Crippen molar-refractivity contribution in [3.8, 4) is 5.88 Å². The van der Waals surface area contributed by atoms with Crippen LogP contribution in [-0.4, -0.2) is 25.7 Å². The molecule has 106 valence electrons. The van der Waals surface area contributed by atoms with E-state index in [1.165, 1.54) is 10.7 Å². The number of carboxylic acid groups (broad SMARTS) is 1. The van der Waals surface area contributed by atoms with Crippen LogP contribution >= 0.6 is 0 Å². The van der Waals surface area contributed by atoms with Gasteiger partial charge in [-0.1, -0.05) is 30.3 Å². The van der Waals surface area contributed by atoms with Crippen LogP contribution in [0.15, 0.2) is 42.6 Å². The average molecular weight is 283 g/mol. The maximum absolute atomic E-state index is 11.1. The standard InChI is InChI=1S/C15H13N3O3/c1-10-12(15(19)20)8-16-13-7-14(17-18(10)13)21-9-11-5-3-2-4-6-11/h2-8H,9H2,1H3,(H,19,20). The van der Waals surface area contributed by atoms with E-state index in [4.69, 9.17) is 9.84 Å². The number of aromatic nitrogens is 3. The van der Waals surface area contributed by atoms with Gasteiger partial charge in [-0.25, -0.2) is 14.3 Å². The van der Waals surface area contributed by atoms with E-state index in [-0.39, 0.29) is 5.56 Å². The summed E-state index contributed by atoms with van der Waals surface area (Å²) in [6, 6.07) is 11.4. The molecule has 0 spiro atoms. The van der Waals surface area contributed by atoms with Gasteiger partial charge in [-0.3, -0.25) is 0 Å². The highest BCUT2D eigenvalue weighted by atomic mass is 16.5. The van der Waals surface area contributed by atoms with Crippen LogP contribution in [0.25, 0.3) is 5.65 Å². The molecule has 2 heterocycles. The van der Waals surface area contributed by atoms with E-state index in [0.717, 1.165) is 5.56 Å². The van der Waals surface area contributed by atoms with Gasteiger partial charge in [0.25, 0.3) is 0 Å². The Labute approximate surface area is 120 Å². The van der Waals surface area contributed by atoms with Gasteiger partial charge in [0.05, 0.1) is 11.3 Å². The van der Waals surface area contributed by atoms with Crippen molar-refractivity contribution in [3.63, 3.8) is 0 Å². The molecule has 0 bridgehead atoms. The first kappa shape index (κ1) is 13.1. The lowest BCUT2D eigenvalue weighted by Gasteiger charge is -2.02. The van der Waals surface area contributed by atoms with E-state index in [2.05, 4.69) is 10.1 Å². The Balaban J connectivity index is 1.87. The van der Waals surface area contributed by atoms with E-state index < -0.39 is 5.97 Å². The van der Waals surface area contributed by atoms with Crippen LogP contribution in [0.2, 0.25) is 0 Å². The number of aromatic carboxylic acids is 1. The molecule has 1 aromatic carbocycles. The van der Waals surface area contributed by atoms with E-state index in [0.29, 0.717) is 23.8 Å². The van der Waals surface area contributed by atoms with Crippen LogP contribution in [0.3, 0.4) is 0 Å². The fourth-order valence-corrected chi connectivity index (χ4v) is 2.04. The summed E-state index contributed by atoms with van der Waals surface area (Å²) in [7, 11) is 0. The van der Waals surface area contributed by atoms with Crippen molar-refractivity contribution in [1.29, 1.82) is 0 Å². The number of carboxylic acids is 1. The zero-order valence-electron chi connectivity index (χ0n) is 11.4. The summed E-state index contributed by atoms with van der Waals surface area (Å²) in [5.41, 5.74) is 2.23. The summed E-state index contributed by atoms with van der Waals surface area (Å²) in [6.07, 6.45) is 1.33. The Kier molecular flexibility index (Phi) is 3.27. The van der Waals surface area contributed by atoms with Gasteiger partial charge in [0.15, 0.2) is 5.65 Å². The summed E-state index contributed by atoms with van der Waals surface area (Å²) in [4.78, 5) is 15.1. The number of hydrogen-bond acceptors (Lipinski definition) is 4. The van der Waals surface area contributed by atoms with Crippen LogP contribution in [0.5, 0.6) is 5.88 Å². The van der Waals surface area contributed by atoms with Crippen LogP contribution in [-0.2, 0) is 6.61 Å². The van der Waals surface area contributed by atoms with Gasteiger partial charge in [-0.2, -0.15) is 0 Å². The van der Waals surface area contributed by atoms with Crippen LogP contribution in [0.1, 0.15) is 21.6 Å². The molecule has 0 atom stereocenters. The van der Waals surface area contributed by atoms with Gasteiger partial charge in [-0.05, 0) is 12.5 Å². The number of carbonyl (C=O) groups is 1. The van der Waals surface area contributed by atoms with Gasteiger partial charge < -0.3 is 9.84 Å². The molecule has 0 aliphatic heterocycles. The van der Waals surface area contributed by atoms with Crippen molar-refractivity contribution in [2.75, 3.05) is 0 Å². The Bertz CT molecular complexity index is 797. The van der Waals surface area contributed by atoms with Crippen LogP contribution in [0, 0.1) is 6.92 Å². The molecule has 0 radical (unpaired) electrons. The lowest BCUT2D eigenvalue weighted by molar-refractivity contribution is 0.0694. The molecular formula is C15H13N3O3. The number of fused-ring (bicyclic) bond motifs is 1. The highest BCUT2D eigenvalue weighted by Gasteiger charge is 2.13. The molecule has 3 rings (SSSR count). The molecular weight excluding hydrogens is 270 g/mol. The minimum absolute atomic E-state index is 0.125. The number of nitrogens with zero attached hydrogens (tertiary/aromatic N) is 3. The smallest absolute Gasteiger partial charge is 0.339 e. The number of hydrogen-bond donors (Lipinski definition) is 1. The molecule has 0 amide bonds. The Morgan fingerprint density at radius 2 is 2.10 bits per heavy atom. The second kappa shape index (κ2) is 5.24. The van der Waals surface area contributed by atoms with Crippen molar-refractivity contribution in [2.24, 2.45) is 0 Å². The van der Waals surface area contributed by atoms with Gasteiger partial charge in [0.1, 0.15) is 6.61 Å². The van der Waals surface area contributed by atoms with Crippen molar-refractivity contribution >= 4 is 11.6 Å². The number of benzene rings is 1.